The average Bonchev–Trinajstić information content (AvgIpc) is 2.43. The highest BCUT2D eigenvalue weighted by Gasteiger charge is 2.11. The zero-order valence-electron chi connectivity index (χ0n) is 10.9. The summed E-state index contributed by atoms with van der Waals surface area (Å²) in [7, 11) is 0. The summed E-state index contributed by atoms with van der Waals surface area (Å²) in [5.41, 5.74) is 1.01. The quantitative estimate of drug-likeness (QED) is 0.837. The van der Waals surface area contributed by atoms with Crippen molar-refractivity contribution in [3.05, 3.63) is 58.6 Å². The number of rotatable bonds is 4. The number of carbonyl (C=O) groups excluding carboxylic acids is 2. The smallest absolute Gasteiger partial charge is 0.233 e. The molecule has 2 amide bonds. The Kier molecular flexibility index (Phi) is 5.20. The maximum Gasteiger partial charge on any atom is 0.233 e. The van der Waals surface area contributed by atoms with Gasteiger partial charge in [0.05, 0.1) is 10.7 Å². The maximum absolute atomic E-state index is 11.8. The number of halogens is 2. The predicted molar refractivity (Wildman–Crippen MR) is 84.8 cm³/mol. The molecule has 6 heteroatoms. The number of anilines is 2. The number of benzene rings is 2. The monoisotopic (exact) mass is 322 g/mol. The van der Waals surface area contributed by atoms with Gasteiger partial charge in [0, 0.05) is 10.7 Å². The molecule has 2 aromatic carbocycles. The maximum atomic E-state index is 11.8. The first-order valence-corrected chi connectivity index (χ1v) is 6.90. The second-order valence-corrected chi connectivity index (χ2v) is 5.11. The van der Waals surface area contributed by atoms with E-state index in [1.807, 2.05) is 6.07 Å². The second-order valence-electron chi connectivity index (χ2n) is 4.26. The molecule has 21 heavy (non-hydrogen) atoms. The van der Waals surface area contributed by atoms with Gasteiger partial charge in [0.25, 0.3) is 0 Å². The van der Waals surface area contributed by atoms with Crippen LogP contribution in [-0.4, -0.2) is 11.8 Å². The third-order valence-electron chi connectivity index (χ3n) is 2.58. The van der Waals surface area contributed by atoms with Crippen LogP contribution >= 0.6 is 23.2 Å². The van der Waals surface area contributed by atoms with Crippen LogP contribution in [0.1, 0.15) is 6.42 Å². The molecule has 0 spiro atoms. The van der Waals surface area contributed by atoms with Crippen molar-refractivity contribution in [2.24, 2.45) is 0 Å². The van der Waals surface area contributed by atoms with Crippen molar-refractivity contribution in [3.63, 3.8) is 0 Å². The van der Waals surface area contributed by atoms with E-state index in [9.17, 15) is 9.59 Å². The van der Waals surface area contributed by atoms with Crippen molar-refractivity contribution in [1.82, 2.24) is 0 Å². The van der Waals surface area contributed by atoms with Gasteiger partial charge < -0.3 is 10.6 Å². The molecule has 2 N–H and O–H groups in total. The first-order chi connectivity index (χ1) is 10.0. The highest BCUT2D eigenvalue weighted by molar-refractivity contribution is 6.35. The van der Waals surface area contributed by atoms with E-state index >= 15 is 0 Å². The Balaban J connectivity index is 1.92. The van der Waals surface area contributed by atoms with E-state index in [0.717, 1.165) is 0 Å². The number of carbonyl (C=O) groups is 2. The number of hydrogen-bond acceptors (Lipinski definition) is 2. The van der Waals surface area contributed by atoms with Crippen LogP contribution in [-0.2, 0) is 9.59 Å². The molecule has 0 fully saturated rings. The van der Waals surface area contributed by atoms with Gasteiger partial charge in [-0.3, -0.25) is 9.59 Å². The van der Waals surface area contributed by atoms with E-state index in [0.29, 0.717) is 21.4 Å². The zero-order chi connectivity index (χ0) is 15.2. The SMILES string of the molecule is O=C(CC(=O)Nc1cc(Cl)ccc1Cl)Nc1ccccc1. The average molecular weight is 323 g/mol. The molecule has 0 atom stereocenters. The van der Waals surface area contributed by atoms with Crippen molar-refractivity contribution in [1.29, 1.82) is 0 Å². The van der Waals surface area contributed by atoms with Crippen LogP contribution in [0.4, 0.5) is 11.4 Å². The number of hydrogen-bond donors (Lipinski definition) is 2. The van der Waals surface area contributed by atoms with Crippen LogP contribution in [0.5, 0.6) is 0 Å². The van der Waals surface area contributed by atoms with Gasteiger partial charge >= 0.3 is 0 Å². The highest BCUT2D eigenvalue weighted by Crippen LogP contribution is 2.25. The van der Waals surface area contributed by atoms with Crippen molar-refractivity contribution in [2.75, 3.05) is 10.6 Å². The fraction of sp³-hybridized carbons (Fsp3) is 0.0667. The Bertz CT molecular complexity index is 660. The van der Waals surface area contributed by atoms with Gasteiger partial charge in [-0.2, -0.15) is 0 Å². The fourth-order valence-electron chi connectivity index (χ4n) is 1.66. The summed E-state index contributed by atoms with van der Waals surface area (Å²) < 4.78 is 0. The summed E-state index contributed by atoms with van der Waals surface area (Å²) >= 11 is 11.8. The summed E-state index contributed by atoms with van der Waals surface area (Å²) in [6, 6.07) is 13.6. The van der Waals surface area contributed by atoms with E-state index in [2.05, 4.69) is 10.6 Å². The minimum atomic E-state index is -0.465. The number of para-hydroxylation sites is 1. The molecule has 108 valence electrons. The topological polar surface area (TPSA) is 58.2 Å². The van der Waals surface area contributed by atoms with Gasteiger partial charge in [-0.15, -0.1) is 0 Å². The van der Waals surface area contributed by atoms with Gasteiger partial charge in [0.2, 0.25) is 11.8 Å². The van der Waals surface area contributed by atoms with E-state index in [-0.39, 0.29) is 6.42 Å². The lowest BCUT2D eigenvalue weighted by molar-refractivity contribution is -0.123. The van der Waals surface area contributed by atoms with Gasteiger partial charge in [0.1, 0.15) is 6.42 Å². The van der Waals surface area contributed by atoms with Crippen molar-refractivity contribution in [3.8, 4) is 0 Å². The molecule has 0 aliphatic heterocycles. The molecule has 0 aromatic heterocycles. The van der Waals surface area contributed by atoms with E-state index in [4.69, 9.17) is 23.2 Å². The number of nitrogens with one attached hydrogen (secondary N) is 2. The summed E-state index contributed by atoms with van der Waals surface area (Å²) in [5.74, 6) is -0.871. The Morgan fingerprint density at radius 3 is 2.29 bits per heavy atom. The molecule has 0 unspecified atom stereocenters. The lowest BCUT2D eigenvalue weighted by Crippen LogP contribution is -2.21. The Morgan fingerprint density at radius 1 is 0.905 bits per heavy atom. The van der Waals surface area contributed by atoms with Crippen LogP contribution in [0.3, 0.4) is 0 Å². The summed E-state index contributed by atoms with van der Waals surface area (Å²) in [6.07, 6.45) is -0.308. The molecule has 0 aliphatic carbocycles. The van der Waals surface area contributed by atoms with Crippen LogP contribution in [0.2, 0.25) is 10.0 Å². The molecule has 0 saturated heterocycles. The van der Waals surface area contributed by atoms with Gasteiger partial charge in [0.15, 0.2) is 0 Å². The third kappa shape index (κ3) is 4.77. The standard InChI is InChI=1S/C15H12Cl2N2O2/c16-10-6-7-12(17)13(8-10)19-15(21)9-14(20)18-11-4-2-1-3-5-11/h1-8H,9H2,(H,18,20)(H,19,21). The Labute approximate surface area is 132 Å². The first kappa shape index (κ1) is 15.4. The lowest BCUT2D eigenvalue weighted by Gasteiger charge is -2.08. The molecule has 2 rings (SSSR count). The molecular weight excluding hydrogens is 311 g/mol. The summed E-state index contributed by atoms with van der Waals surface area (Å²) in [5, 5.41) is 5.98. The molecule has 0 aliphatic rings. The predicted octanol–water partition coefficient (Wildman–Crippen LogP) is 3.96. The van der Waals surface area contributed by atoms with Crippen LogP contribution in [0.25, 0.3) is 0 Å². The summed E-state index contributed by atoms with van der Waals surface area (Å²) in [4.78, 5) is 23.5. The largest absolute Gasteiger partial charge is 0.326 e. The van der Waals surface area contributed by atoms with Gasteiger partial charge in [-0.05, 0) is 30.3 Å². The van der Waals surface area contributed by atoms with E-state index in [1.54, 1.807) is 36.4 Å². The van der Waals surface area contributed by atoms with Crippen molar-refractivity contribution in [2.45, 2.75) is 6.42 Å². The highest BCUT2D eigenvalue weighted by atomic mass is 35.5. The minimum Gasteiger partial charge on any atom is -0.326 e. The Hall–Kier alpha value is -2.04. The molecule has 4 nitrogen and oxygen atoms in total. The molecular formula is C15H12Cl2N2O2. The van der Waals surface area contributed by atoms with Gasteiger partial charge in [-0.25, -0.2) is 0 Å². The van der Waals surface area contributed by atoms with E-state index < -0.39 is 11.8 Å². The minimum absolute atomic E-state index is 0.308. The zero-order valence-corrected chi connectivity index (χ0v) is 12.4. The molecule has 0 radical (unpaired) electrons. The molecule has 2 aromatic rings. The van der Waals surface area contributed by atoms with Crippen LogP contribution < -0.4 is 10.6 Å². The fourth-order valence-corrected chi connectivity index (χ4v) is 2.00. The second kappa shape index (κ2) is 7.11. The lowest BCUT2D eigenvalue weighted by atomic mass is 10.3. The molecule has 0 bridgehead atoms. The first-order valence-electron chi connectivity index (χ1n) is 6.14. The van der Waals surface area contributed by atoms with Crippen LogP contribution in [0.15, 0.2) is 48.5 Å². The number of amides is 2. The van der Waals surface area contributed by atoms with Crippen molar-refractivity contribution < 1.29 is 9.59 Å². The van der Waals surface area contributed by atoms with Crippen LogP contribution in [0, 0.1) is 0 Å². The molecule has 0 saturated carbocycles. The molecule has 0 heterocycles. The normalized spacial score (nSPS) is 10.0. The summed E-state index contributed by atoms with van der Waals surface area (Å²) in [6.45, 7) is 0. The van der Waals surface area contributed by atoms with Crippen molar-refractivity contribution >= 4 is 46.4 Å². The van der Waals surface area contributed by atoms with E-state index in [1.165, 1.54) is 6.07 Å². The van der Waals surface area contributed by atoms with Gasteiger partial charge in [-0.1, -0.05) is 41.4 Å². The third-order valence-corrected chi connectivity index (χ3v) is 3.15. The Morgan fingerprint density at radius 2 is 1.57 bits per heavy atom.